The van der Waals surface area contributed by atoms with Gasteiger partial charge in [0, 0.05) is 23.6 Å². The van der Waals surface area contributed by atoms with Crippen molar-refractivity contribution >= 4 is 39.2 Å². The summed E-state index contributed by atoms with van der Waals surface area (Å²) in [6.07, 6.45) is 1.99. The molecule has 0 spiro atoms. The molecule has 130 valence electrons. The zero-order valence-electron chi connectivity index (χ0n) is 14.3. The van der Waals surface area contributed by atoms with E-state index in [4.69, 9.17) is 4.74 Å². The molecule has 0 bridgehead atoms. The van der Waals surface area contributed by atoms with Crippen LogP contribution in [0.1, 0.15) is 17.3 Å². The van der Waals surface area contributed by atoms with Crippen LogP contribution in [0.5, 0.6) is 0 Å². The Balaban J connectivity index is 2.02. The number of ether oxygens (including phenoxy) is 1. The Bertz CT molecular complexity index is 944. The number of nitrogens with zero attached hydrogens (tertiary/aromatic N) is 2. The average Bonchev–Trinajstić information content (AvgIpc) is 2.99. The maximum Gasteiger partial charge on any atom is 0.279 e. The number of amides is 1. The van der Waals surface area contributed by atoms with E-state index in [1.54, 1.807) is 11.8 Å². The highest BCUT2D eigenvalue weighted by Gasteiger charge is 2.09. The van der Waals surface area contributed by atoms with Crippen molar-refractivity contribution in [3.8, 4) is 0 Å². The summed E-state index contributed by atoms with van der Waals surface area (Å²) in [7, 11) is 0. The van der Waals surface area contributed by atoms with Gasteiger partial charge in [0.25, 0.3) is 5.91 Å². The monoisotopic (exact) mass is 372 g/mol. The summed E-state index contributed by atoms with van der Waals surface area (Å²) in [4.78, 5) is 18.8. The van der Waals surface area contributed by atoms with Crippen LogP contribution in [-0.4, -0.2) is 29.9 Å². The summed E-state index contributed by atoms with van der Waals surface area (Å²) in [5.74, 6) is -0.215. The van der Waals surface area contributed by atoms with Crippen molar-refractivity contribution in [2.75, 3.05) is 19.5 Å². The topological polar surface area (TPSA) is 43.6 Å². The van der Waals surface area contributed by atoms with Gasteiger partial charge in [0.15, 0.2) is 4.80 Å². The molecule has 1 heterocycles. The number of thiazole rings is 1. The fourth-order valence-electron chi connectivity index (χ4n) is 2.53. The average molecular weight is 373 g/mol. The van der Waals surface area contributed by atoms with Crippen LogP contribution in [0.25, 0.3) is 10.2 Å². The van der Waals surface area contributed by atoms with Gasteiger partial charge in [-0.15, -0.1) is 11.8 Å². The number of rotatable bonds is 6. The molecule has 0 saturated heterocycles. The Morgan fingerprint density at radius 1 is 1.24 bits per heavy atom. The molecule has 2 aromatic carbocycles. The van der Waals surface area contributed by atoms with Gasteiger partial charge in [0.1, 0.15) is 0 Å². The normalized spacial score (nSPS) is 12.0. The lowest BCUT2D eigenvalue weighted by atomic mass is 10.2. The van der Waals surface area contributed by atoms with Gasteiger partial charge in [0.05, 0.1) is 16.8 Å². The SMILES string of the molecule is CCOCCn1c(=NC(=O)c2cccc(SC)c2)sc2ccccc21. The number of fused-ring (bicyclic) bond motifs is 1. The quantitative estimate of drug-likeness (QED) is 0.481. The molecule has 25 heavy (non-hydrogen) atoms. The summed E-state index contributed by atoms with van der Waals surface area (Å²) in [5.41, 5.74) is 1.69. The number of carbonyl (C=O) groups is 1. The first-order valence-electron chi connectivity index (χ1n) is 8.12. The third-order valence-electron chi connectivity index (χ3n) is 3.77. The van der Waals surface area contributed by atoms with E-state index in [9.17, 15) is 4.79 Å². The van der Waals surface area contributed by atoms with E-state index in [1.165, 1.54) is 11.3 Å². The minimum Gasteiger partial charge on any atom is -0.380 e. The molecule has 0 aliphatic rings. The molecule has 4 nitrogen and oxygen atoms in total. The summed E-state index contributed by atoms with van der Waals surface area (Å²) < 4.78 is 8.66. The zero-order chi connectivity index (χ0) is 17.6. The second-order valence-electron chi connectivity index (χ2n) is 5.35. The zero-order valence-corrected chi connectivity index (χ0v) is 15.9. The molecule has 0 unspecified atom stereocenters. The molecule has 0 atom stereocenters. The first kappa shape index (κ1) is 17.9. The van der Waals surface area contributed by atoms with E-state index in [2.05, 4.69) is 21.7 Å². The molecular weight excluding hydrogens is 352 g/mol. The van der Waals surface area contributed by atoms with Crippen LogP contribution in [0.4, 0.5) is 0 Å². The first-order chi connectivity index (χ1) is 12.2. The summed E-state index contributed by atoms with van der Waals surface area (Å²) >= 11 is 3.14. The minimum atomic E-state index is -0.215. The first-order valence-corrected chi connectivity index (χ1v) is 10.2. The molecule has 3 aromatic rings. The maximum atomic E-state index is 12.6. The largest absolute Gasteiger partial charge is 0.380 e. The third kappa shape index (κ3) is 4.21. The van der Waals surface area contributed by atoms with Gasteiger partial charge < -0.3 is 9.30 Å². The van der Waals surface area contributed by atoms with Gasteiger partial charge in [-0.1, -0.05) is 29.5 Å². The molecule has 0 aliphatic heterocycles. The van der Waals surface area contributed by atoms with Gasteiger partial charge in [-0.25, -0.2) is 0 Å². The Kier molecular flexibility index (Phi) is 6.07. The number of carbonyl (C=O) groups excluding carboxylic acids is 1. The number of para-hydroxylation sites is 1. The second kappa shape index (κ2) is 8.47. The standard InChI is InChI=1S/C19H20N2O2S2/c1-3-23-12-11-21-16-9-4-5-10-17(16)25-19(21)20-18(22)14-7-6-8-15(13-14)24-2/h4-10,13H,3,11-12H2,1-2H3. The summed E-state index contributed by atoms with van der Waals surface area (Å²) in [6.45, 7) is 3.93. The number of benzene rings is 2. The van der Waals surface area contributed by atoms with Crippen molar-refractivity contribution in [1.82, 2.24) is 4.57 Å². The Morgan fingerprint density at radius 3 is 2.88 bits per heavy atom. The lowest BCUT2D eigenvalue weighted by Gasteiger charge is -2.05. The highest BCUT2D eigenvalue weighted by Crippen LogP contribution is 2.18. The summed E-state index contributed by atoms with van der Waals surface area (Å²) in [6, 6.07) is 15.7. The Morgan fingerprint density at radius 2 is 2.08 bits per heavy atom. The number of hydrogen-bond acceptors (Lipinski definition) is 4. The van der Waals surface area contributed by atoms with Crippen molar-refractivity contribution < 1.29 is 9.53 Å². The van der Waals surface area contributed by atoms with Crippen molar-refractivity contribution in [2.24, 2.45) is 4.99 Å². The molecule has 1 amide bonds. The van der Waals surface area contributed by atoms with Crippen molar-refractivity contribution in [3.63, 3.8) is 0 Å². The van der Waals surface area contributed by atoms with Gasteiger partial charge in [-0.2, -0.15) is 4.99 Å². The summed E-state index contributed by atoms with van der Waals surface area (Å²) in [5, 5.41) is 0. The van der Waals surface area contributed by atoms with Crippen LogP contribution < -0.4 is 4.80 Å². The van der Waals surface area contributed by atoms with Crippen LogP contribution in [0.15, 0.2) is 58.4 Å². The molecule has 1 aromatic heterocycles. The molecule has 0 saturated carbocycles. The predicted molar refractivity (Wildman–Crippen MR) is 104 cm³/mol. The number of thioether (sulfide) groups is 1. The predicted octanol–water partition coefficient (Wildman–Crippen LogP) is 4.20. The number of hydrogen-bond donors (Lipinski definition) is 0. The van der Waals surface area contributed by atoms with E-state index in [1.807, 2.05) is 49.6 Å². The van der Waals surface area contributed by atoms with Crippen molar-refractivity contribution in [2.45, 2.75) is 18.4 Å². The highest BCUT2D eigenvalue weighted by atomic mass is 32.2. The molecule has 6 heteroatoms. The Hall–Kier alpha value is -1.89. The lowest BCUT2D eigenvalue weighted by Crippen LogP contribution is -2.19. The smallest absolute Gasteiger partial charge is 0.279 e. The van der Waals surface area contributed by atoms with Crippen LogP contribution in [0.3, 0.4) is 0 Å². The molecule has 0 radical (unpaired) electrons. The fourth-order valence-corrected chi connectivity index (χ4v) is 4.04. The van der Waals surface area contributed by atoms with Gasteiger partial charge >= 0.3 is 0 Å². The molecule has 0 aliphatic carbocycles. The number of aromatic nitrogens is 1. The minimum absolute atomic E-state index is 0.215. The van der Waals surface area contributed by atoms with E-state index in [0.29, 0.717) is 30.1 Å². The second-order valence-corrected chi connectivity index (χ2v) is 7.24. The van der Waals surface area contributed by atoms with Crippen LogP contribution in [0.2, 0.25) is 0 Å². The fraction of sp³-hybridized carbons (Fsp3) is 0.263. The van der Waals surface area contributed by atoms with Crippen molar-refractivity contribution in [1.29, 1.82) is 0 Å². The molecular formula is C19H20N2O2S2. The Labute approximate surface area is 155 Å². The van der Waals surface area contributed by atoms with Gasteiger partial charge in [0.2, 0.25) is 0 Å². The van der Waals surface area contributed by atoms with Gasteiger partial charge in [-0.05, 0) is 43.5 Å². The van der Waals surface area contributed by atoms with E-state index >= 15 is 0 Å². The maximum absolute atomic E-state index is 12.6. The van der Waals surface area contributed by atoms with Crippen molar-refractivity contribution in [3.05, 3.63) is 58.9 Å². The lowest BCUT2D eigenvalue weighted by molar-refractivity contribution is 0.0996. The molecule has 0 fully saturated rings. The molecule has 3 rings (SSSR count). The highest BCUT2D eigenvalue weighted by molar-refractivity contribution is 7.98. The van der Waals surface area contributed by atoms with Crippen LogP contribution in [0, 0.1) is 0 Å². The van der Waals surface area contributed by atoms with E-state index in [-0.39, 0.29) is 5.91 Å². The van der Waals surface area contributed by atoms with E-state index in [0.717, 1.165) is 15.1 Å². The molecule has 0 N–H and O–H groups in total. The van der Waals surface area contributed by atoms with Crippen LogP contribution >= 0.6 is 23.1 Å². The third-order valence-corrected chi connectivity index (χ3v) is 5.55. The van der Waals surface area contributed by atoms with E-state index < -0.39 is 0 Å². The van der Waals surface area contributed by atoms with Crippen LogP contribution in [-0.2, 0) is 11.3 Å². The van der Waals surface area contributed by atoms with Gasteiger partial charge in [-0.3, -0.25) is 4.79 Å².